The molecule has 0 saturated carbocycles. The smallest absolute Gasteiger partial charge is 0.410 e. The Morgan fingerprint density at radius 1 is 1.07 bits per heavy atom. The van der Waals surface area contributed by atoms with Gasteiger partial charge in [-0.2, -0.15) is 0 Å². The van der Waals surface area contributed by atoms with Gasteiger partial charge in [0, 0.05) is 19.5 Å². The molecule has 0 saturated heterocycles. The predicted molar refractivity (Wildman–Crippen MR) is 107 cm³/mol. The lowest BCUT2D eigenvalue weighted by Gasteiger charge is -2.29. The van der Waals surface area contributed by atoms with Gasteiger partial charge in [-0.25, -0.2) is 13.6 Å². The van der Waals surface area contributed by atoms with Crippen molar-refractivity contribution in [1.29, 1.82) is 0 Å². The molecule has 3 rings (SSSR count). The summed E-state index contributed by atoms with van der Waals surface area (Å²) in [4.78, 5) is 25.9. The third-order valence-corrected chi connectivity index (χ3v) is 5.01. The summed E-state index contributed by atoms with van der Waals surface area (Å²) in [5.74, 6) is -2.28. The lowest BCUT2D eigenvalue weighted by Crippen LogP contribution is -2.36. The molecular formula is C23H23F2NO3. The van der Waals surface area contributed by atoms with Gasteiger partial charge >= 0.3 is 6.09 Å². The molecule has 1 amide bonds. The molecule has 1 aliphatic heterocycles. The van der Waals surface area contributed by atoms with E-state index in [1.165, 1.54) is 6.07 Å². The fourth-order valence-corrected chi connectivity index (χ4v) is 3.54. The molecular weight excluding hydrogens is 376 g/mol. The maximum absolute atomic E-state index is 13.8. The van der Waals surface area contributed by atoms with Gasteiger partial charge in [0.15, 0.2) is 5.78 Å². The first-order chi connectivity index (χ1) is 13.9. The van der Waals surface area contributed by atoms with Crippen LogP contribution in [-0.2, 0) is 11.2 Å². The molecule has 0 aromatic heterocycles. The van der Waals surface area contributed by atoms with Crippen molar-refractivity contribution in [2.45, 2.75) is 26.7 Å². The van der Waals surface area contributed by atoms with Crippen molar-refractivity contribution in [1.82, 2.24) is 4.90 Å². The van der Waals surface area contributed by atoms with Gasteiger partial charge < -0.3 is 9.64 Å². The number of ether oxygens (including phenoxy) is 1. The Bertz CT molecular complexity index is 931. The minimum atomic E-state index is -0.847. The van der Waals surface area contributed by atoms with Gasteiger partial charge in [0.2, 0.25) is 0 Å². The minimum absolute atomic E-state index is 0.0766. The summed E-state index contributed by atoms with van der Waals surface area (Å²) in [5.41, 5.74) is 3.44. The maximum Gasteiger partial charge on any atom is 0.410 e. The molecule has 0 N–H and O–H groups in total. The van der Waals surface area contributed by atoms with Gasteiger partial charge in [-0.1, -0.05) is 30.3 Å². The van der Waals surface area contributed by atoms with E-state index in [0.717, 1.165) is 28.8 Å². The second kappa shape index (κ2) is 8.99. The molecule has 1 heterocycles. The Morgan fingerprint density at radius 2 is 1.72 bits per heavy atom. The van der Waals surface area contributed by atoms with Crippen molar-refractivity contribution >= 4 is 17.4 Å². The fraction of sp³-hybridized carbons (Fsp3) is 0.304. The highest BCUT2D eigenvalue weighted by molar-refractivity contribution is 5.98. The molecule has 0 atom stereocenters. The lowest BCUT2D eigenvalue weighted by atomic mass is 9.93. The molecule has 0 aliphatic carbocycles. The third-order valence-electron chi connectivity index (χ3n) is 5.01. The van der Waals surface area contributed by atoms with Crippen LogP contribution in [0.3, 0.4) is 0 Å². The maximum atomic E-state index is 13.8. The van der Waals surface area contributed by atoms with Gasteiger partial charge in [0.25, 0.3) is 0 Å². The Hall–Kier alpha value is -3.02. The van der Waals surface area contributed by atoms with Crippen molar-refractivity contribution in [3.8, 4) is 0 Å². The number of Topliss-reactive ketones (excluding diaryl/α,β-unsaturated/α-hetero) is 1. The number of rotatable bonds is 5. The standard InChI is InChI=1S/C23H23F2NO3/c1-3-29-23(28)26-12-11-18(15(2)14-26)17-9-7-16(8-10-17)13-21(27)22-19(24)5-4-6-20(22)25/h4-10H,3,11-14H2,1-2H3. The topological polar surface area (TPSA) is 46.6 Å². The van der Waals surface area contributed by atoms with Crippen molar-refractivity contribution in [2.24, 2.45) is 0 Å². The number of amides is 1. The van der Waals surface area contributed by atoms with E-state index in [9.17, 15) is 18.4 Å². The van der Waals surface area contributed by atoms with E-state index < -0.39 is 23.0 Å². The van der Waals surface area contributed by atoms with Crippen molar-refractivity contribution in [2.75, 3.05) is 19.7 Å². The van der Waals surface area contributed by atoms with Crippen molar-refractivity contribution in [3.05, 3.63) is 76.4 Å². The molecule has 4 nitrogen and oxygen atoms in total. The summed E-state index contributed by atoms with van der Waals surface area (Å²) in [6.07, 6.45) is 0.330. The second-order valence-corrected chi connectivity index (χ2v) is 7.02. The number of carbonyl (C=O) groups excluding carboxylic acids is 2. The molecule has 0 bridgehead atoms. The van der Waals surface area contributed by atoms with Crippen LogP contribution < -0.4 is 0 Å². The minimum Gasteiger partial charge on any atom is -0.450 e. The predicted octanol–water partition coefficient (Wildman–Crippen LogP) is 5.03. The number of benzene rings is 2. The Kier molecular flexibility index (Phi) is 6.42. The van der Waals surface area contributed by atoms with E-state index in [1.54, 1.807) is 24.0 Å². The lowest BCUT2D eigenvalue weighted by molar-refractivity contribution is 0.0984. The van der Waals surface area contributed by atoms with Gasteiger partial charge in [-0.05, 0) is 54.7 Å². The molecule has 0 fully saturated rings. The fourth-order valence-electron chi connectivity index (χ4n) is 3.54. The van der Waals surface area contributed by atoms with Gasteiger partial charge in [-0.3, -0.25) is 4.79 Å². The summed E-state index contributed by atoms with van der Waals surface area (Å²) in [7, 11) is 0. The van der Waals surface area contributed by atoms with E-state index >= 15 is 0 Å². The molecule has 152 valence electrons. The Morgan fingerprint density at radius 3 is 2.31 bits per heavy atom. The largest absolute Gasteiger partial charge is 0.450 e. The average molecular weight is 399 g/mol. The molecule has 0 radical (unpaired) electrons. The second-order valence-electron chi connectivity index (χ2n) is 7.02. The summed E-state index contributed by atoms with van der Waals surface area (Å²) in [6.45, 7) is 5.21. The van der Waals surface area contributed by atoms with Gasteiger partial charge in [-0.15, -0.1) is 0 Å². The third kappa shape index (κ3) is 4.70. The monoisotopic (exact) mass is 399 g/mol. The quantitative estimate of drug-likeness (QED) is 0.663. The Balaban J connectivity index is 1.71. The van der Waals surface area contributed by atoms with Gasteiger partial charge in [0.1, 0.15) is 11.6 Å². The molecule has 6 heteroatoms. The Labute approximate surface area is 168 Å². The van der Waals surface area contributed by atoms with E-state index in [2.05, 4.69) is 0 Å². The molecule has 2 aromatic rings. The zero-order valence-corrected chi connectivity index (χ0v) is 16.5. The van der Waals surface area contributed by atoms with E-state index in [1.807, 2.05) is 19.1 Å². The summed E-state index contributed by atoms with van der Waals surface area (Å²) < 4.78 is 32.6. The number of halogens is 2. The van der Waals surface area contributed by atoms with E-state index in [-0.39, 0.29) is 12.5 Å². The highest BCUT2D eigenvalue weighted by Crippen LogP contribution is 2.28. The van der Waals surface area contributed by atoms with Crippen LogP contribution >= 0.6 is 0 Å². The highest BCUT2D eigenvalue weighted by Gasteiger charge is 2.22. The van der Waals surface area contributed by atoms with E-state index in [4.69, 9.17) is 4.74 Å². The van der Waals surface area contributed by atoms with Crippen LogP contribution in [0.2, 0.25) is 0 Å². The molecule has 1 aliphatic rings. The number of hydrogen-bond acceptors (Lipinski definition) is 3. The van der Waals surface area contributed by atoms with Crippen LogP contribution in [0.5, 0.6) is 0 Å². The first kappa shape index (κ1) is 20.7. The van der Waals surface area contributed by atoms with Crippen LogP contribution in [0, 0.1) is 11.6 Å². The van der Waals surface area contributed by atoms with Crippen LogP contribution in [-0.4, -0.2) is 36.5 Å². The number of nitrogens with zero attached hydrogens (tertiary/aromatic N) is 1. The molecule has 0 unspecified atom stereocenters. The normalized spacial score (nSPS) is 14.1. The zero-order chi connectivity index (χ0) is 21.0. The number of carbonyl (C=O) groups is 2. The average Bonchev–Trinajstić information content (AvgIpc) is 2.69. The molecule has 29 heavy (non-hydrogen) atoms. The van der Waals surface area contributed by atoms with Crippen LogP contribution in [0.15, 0.2) is 48.0 Å². The van der Waals surface area contributed by atoms with Crippen molar-refractivity contribution in [3.63, 3.8) is 0 Å². The molecule has 2 aromatic carbocycles. The summed E-state index contributed by atoms with van der Waals surface area (Å²) >= 11 is 0. The first-order valence-electron chi connectivity index (χ1n) is 9.57. The number of ketones is 1. The SMILES string of the molecule is CCOC(=O)N1CCC(c2ccc(CC(=O)c3c(F)cccc3F)cc2)=C(C)C1. The number of hydrogen-bond donors (Lipinski definition) is 0. The van der Waals surface area contributed by atoms with Crippen LogP contribution in [0.25, 0.3) is 5.57 Å². The summed E-state index contributed by atoms with van der Waals surface area (Å²) in [5, 5.41) is 0. The molecule has 0 spiro atoms. The summed E-state index contributed by atoms with van der Waals surface area (Å²) in [6, 6.07) is 10.8. The van der Waals surface area contributed by atoms with Crippen LogP contribution in [0.1, 0.15) is 41.8 Å². The van der Waals surface area contributed by atoms with Crippen molar-refractivity contribution < 1.29 is 23.1 Å². The van der Waals surface area contributed by atoms with E-state index in [0.29, 0.717) is 31.7 Å². The highest BCUT2D eigenvalue weighted by atomic mass is 19.1. The first-order valence-corrected chi connectivity index (χ1v) is 9.57. The van der Waals surface area contributed by atoms with Gasteiger partial charge in [0.05, 0.1) is 12.2 Å². The van der Waals surface area contributed by atoms with Crippen LogP contribution in [0.4, 0.5) is 13.6 Å². The zero-order valence-electron chi connectivity index (χ0n) is 16.5.